The highest BCUT2D eigenvalue weighted by Gasteiger charge is 2.20. The van der Waals surface area contributed by atoms with E-state index in [1.807, 2.05) is 20.0 Å². The van der Waals surface area contributed by atoms with Crippen molar-refractivity contribution < 1.29 is 4.79 Å². The summed E-state index contributed by atoms with van der Waals surface area (Å²) in [6, 6.07) is 8.97. The zero-order valence-electron chi connectivity index (χ0n) is 16.5. The van der Waals surface area contributed by atoms with Crippen molar-refractivity contribution in [2.24, 2.45) is 0 Å². The van der Waals surface area contributed by atoms with E-state index in [-0.39, 0.29) is 11.6 Å². The van der Waals surface area contributed by atoms with Gasteiger partial charge in [0.15, 0.2) is 23.1 Å². The molecule has 29 heavy (non-hydrogen) atoms. The number of H-pyrrole nitrogens is 1. The van der Waals surface area contributed by atoms with E-state index >= 15 is 0 Å². The second kappa shape index (κ2) is 9.35. The van der Waals surface area contributed by atoms with Crippen LogP contribution in [0.4, 0.5) is 23.1 Å². The molecule has 0 aliphatic heterocycles. The molecule has 0 radical (unpaired) electrons. The molecule has 0 fully saturated rings. The van der Waals surface area contributed by atoms with E-state index < -0.39 is 0 Å². The van der Waals surface area contributed by atoms with Crippen LogP contribution in [0.15, 0.2) is 36.5 Å². The van der Waals surface area contributed by atoms with Crippen molar-refractivity contribution in [3.05, 3.63) is 52.9 Å². The van der Waals surface area contributed by atoms with Crippen LogP contribution in [-0.2, 0) is 0 Å². The van der Waals surface area contributed by atoms with E-state index in [1.54, 1.807) is 36.2 Å². The number of rotatable bonds is 8. The zero-order valence-corrected chi connectivity index (χ0v) is 17.2. The van der Waals surface area contributed by atoms with Crippen LogP contribution in [0.25, 0.3) is 0 Å². The minimum Gasteiger partial charge on any atom is -0.339 e. The van der Waals surface area contributed by atoms with Crippen LogP contribution >= 0.6 is 11.6 Å². The first kappa shape index (κ1) is 20.6. The molecule has 10 heteroatoms. The van der Waals surface area contributed by atoms with Gasteiger partial charge < -0.3 is 20.9 Å². The fraction of sp³-hybridized carbons (Fsp3) is 0.263. The maximum atomic E-state index is 12.9. The lowest BCUT2D eigenvalue weighted by molar-refractivity contribution is 0.0792. The Balaban J connectivity index is 1.90. The molecule has 0 saturated carbocycles. The highest BCUT2D eigenvalue weighted by molar-refractivity contribution is 6.30. The summed E-state index contributed by atoms with van der Waals surface area (Å²) in [5.41, 5.74) is 1.88. The van der Waals surface area contributed by atoms with E-state index in [2.05, 4.69) is 36.1 Å². The fourth-order valence-corrected chi connectivity index (χ4v) is 2.66. The zero-order chi connectivity index (χ0) is 20.8. The van der Waals surface area contributed by atoms with Gasteiger partial charge in [-0.3, -0.25) is 9.89 Å². The molecule has 2 heterocycles. The summed E-state index contributed by atoms with van der Waals surface area (Å²) < 4.78 is 0. The number of likely N-dealkylation sites (N-methyl/N-ethyl adjacent to an activating group) is 2. The van der Waals surface area contributed by atoms with Crippen LogP contribution in [0.2, 0.25) is 5.02 Å². The Hall–Kier alpha value is -3.17. The normalized spacial score (nSPS) is 10.6. The van der Waals surface area contributed by atoms with Crippen LogP contribution in [0, 0.1) is 6.92 Å². The average molecular weight is 415 g/mol. The van der Waals surface area contributed by atoms with E-state index in [0.29, 0.717) is 35.6 Å². The number of aromatic nitrogens is 4. The van der Waals surface area contributed by atoms with Gasteiger partial charge in [-0.25, -0.2) is 9.97 Å². The Labute approximate surface area is 173 Å². The van der Waals surface area contributed by atoms with Gasteiger partial charge in [0.1, 0.15) is 0 Å². The van der Waals surface area contributed by atoms with Gasteiger partial charge in [-0.2, -0.15) is 5.10 Å². The Morgan fingerprint density at radius 1 is 1.21 bits per heavy atom. The Morgan fingerprint density at radius 2 is 1.97 bits per heavy atom. The van der Waals surface area contributed by atoms with Gasteiger partial charge in [-0.05, 0) is 38.2 Å². The molecule has 0 unspecified atom stereocenters. The SMILES string of the molecule is CNCCN(C)C(=O)c1ncc(Nc2cc(C)[nH]n2)nc1Nc1ccc(Cl)cc1. The lowest BCUT2D eigenvalue weighted by atomic mass is 10.3. The third-order valence-electron chi connectivity index (χ3n) is 4.09. The average Bonchev–Trinajstić information content (AvgIpc) is 3.12. The second-order valence-corrected chi connectivity index (χ2v) is 6.91. The molecular formula is C19H23ClN8O. The number of hydrogen-bond acceptors (Lipinski definition) is 7. The predicted octanol–water partition coefficient (Wildman–Crippen LogP) is 2.94. The molecule has 0 bridgehead atoms. The third-order valence-corrected chi connectivity index (χ3v) is 4.34. The topological polar surface area (TPSA) is 111 Å². The Bertz CT molecular complexity index is 973. The van der Waals surface area contributed by atoms with Crippen LogP contribution in [-0.4, -0.2) is 58.2 Å². The number of hydrogen-bond donors (Lipinski definition) is 4. The van der Waals surface area contributed by atoms with Crippen molar-refractivity contribution in [3.63, 3.8) is 0 Å². The lowest BCUT2D eigenvalue weighted by Crippen LogP contribution is -2.33. The monoisotopic (exact) mass is 414 g/mol. The number of aromatic amines is 1. The molecular weight excluding hydrogens is 392 g/mol. The molecule has 9 nitrogen and oxygen atoms in total. The smallest absolute Gasteiger partial charge is 0.276 e. The van der Waals surface area contributed by atoms with E-state index in [1.165, 1.54) is 6.20 Å². The molecule has 2 aromatic heterocycles. The highest BCUT2D eigenvalue weighted by atomic mass is 35.5. The van der Waals surface area contributed by atoms with Crippen LogP contribution in [0.1, 0.15) is 16.2 Å². The van der Waals surface area contributed by atoms with Gasteiger partial charge in [0.25, 0.3) is 5.91 Å². The van der Waals surface area contributed by atoms with Gasteiger partial charge in [0.2, 0.25) is 0 Å². The summed E-state index contributed by atoms with van der Waals surface area (Å²) in [5.74, 6) is 1.18. The number of nitrogens with zero attached hydrogens (tertiary/aromatic N) is 4. The first-order valence-electron chi connectivity index (χ1n) is 9.05. The van der Waals surface area contributed by atoms with E-state index in [4.69, 9.17) is 11.6 Å². The van der Waals surface area contributed by atoms with E-state index in [9.17, 15) is 4.79 Å². The van der Waals surface area contributed by atoms with Gasteiger partial charge >= 0.3 is 0 Å². The minimum absolute atomic E-state index is 0.224. The van der Waals surface area contributed by atoms with Crippen molar-refractivity contribution in [3.8, 4) is 0 Å². The molecule has 0 spiro atoms. The fourth-order valence-electron chi connectivity index (χ4n) is 2.54. The minimum atomic E-state index is -0.230. The largest absolute Gasteiger partial charge is 0.339 e. The first-order chi connectivity index (χ1) is 14.0. The van der Waals surface area contributed by atoms with Gasteiger partial charge in [0, 0.05) is 42.6 Å². The summed E-state index contributed by atoms with van der Waals surface area (Å²) in [6.45, 7) is 3.12. The Kier molecular flexibility index (Phi) is 6.63. The summed E-state index contributed by atoms with van der Waals surface area (Å²) in [5, 5.41) is 16.9. The van der Waals surface area contributed by atoms with Crippen LogP contribution in [0.5, 0.6) is 0 Å². The van der Waals surface area contributed by atoms with E-state index in [0.717, 1.165) is 11.4 Å². The molecule has 0 aliphatic rings. The predicted molar refractivity (Wildman–Crippen MR) is 114 cm³/mol. The Morgan fingerprint density at radius 3 is 2.62 bits per heavy atom. The summed E-state index contributed by atoms with van der Waals surface area (Å²) in [6.07, 6.45) is 1.51. The summed E-state index contributed by atoms with van der Waals surface area (Å²) in [4.78, 5) is 23.4. The number of carbonyl (C=O) groups excluding carboxylic acids is 1. The standard InChI is InChI=1S/C19H23ClN8O/c1-12-10-15(27-26-12)24-16-11-22-17(19(29)28(3)9-8-21-2)18(25-16)23-14-6-4-13(20)5-7-14/h4-7,10-11,21H,8-9H2,1-3H3,(H3,23,24,25,26,27). The molecule has 0 saturated heterocycles. The maximum absolute atomic E-state index is 12.9. The maximum Gasteiger partial charge on any atom is 0.276 e. The summed E-state index contributed by atoms with van der Waals surface area (Å²) in [7, 11) is 3.56. The van der Waals surface area contributed by atoms with Crippen molar-refractivity contribution >= 4 is 40.6 Å². The number of carbonyl (C=O) groups is 1. The number of anilines is 4. The number of amides is 1. The molecule has 0 aliphatic carbocycles. The third kappa shape index (κ3) is 5.43. The van der Waals surface area contributed by atoms with Crippen molar-refractivity contribution in [2.75, 3.05) is 37.8 Å². The van der Waals surface area contributed by atoms with Crippen molar-refractivity contribution in [1.29, 1.82) is 0 Å². The first-order valence-corrected chi connectivity index (χ1v) is 9.43. The van der Waals surface area contributed by atoms with Gasteiger partial charge in [-0.1, -0.05) is 11.6 Å². The molecule has 1 amide bonds. The number of benzene rings is 1. The van der Waals surface area contributed by atoms with Gasteiger partial charge in [-0.15, -0.1) is 0 Å². The van der Waals surface area contributed by atoms with Crippen LogP contribution < -0.4 is 16.0 Å². The molecule has 4 N–H and O–H groups in total. The number of aryl methyl sites for hydroxylation is 1. The highest BCUT2D eigenvalue weighted by Crippen LogP contribution is 2.23. The molecule has 0 atom stereocenters. The molecule has 3 rings (SSSR count). The molecule has 1 aromatic carbocycles. The molecule has 152 valence electrons. The lowest BCUT2D eigenvalue weighted by Gasteiger charge is -2.18. The second-order valence-electron chi connectivity index (χ2n) is 6.48. The number of nitrogens with one attached hydrogen (secondary N) is 4. The molecule has 3 aromatic rings. The quantitative estimate of drug-likeness (QED) is 0.448. The van der Waals surface area contributed by atoms with Crippen molar-refractivity contribution in [1.82, 2.24) is 30.4 Å². The number of halogens is 1. The summed E-state index contributed by atoms with van der Waals surface area (Å²) >= 11 is 5.96. The van der Waals surface area contributed by atoms with Crippen LogP contribution in [0.3, 0.4) is 0 Å². The van der Waals surface area contributed by atoms with Crippen molar-refractivity contribution in [2.45, 2.75) is 6.92 Å². The van der Waals surface area contributed by atoms with Gasteiger partial charge in [0.05, 0.1) is 6.20 Å².